The summed E-state index contributed by atoms with van der Waals surface area (Å²) < 4.78 is 0. The largest absolute Gasteiger partial charge is 0.478 e. The molecule has 24 heavy (non-hydrogen) atoms. The van der Waals surface area contributed by atoms with E-state index in [0.717, 1.165) is 5.56 Å². The van der Waals surface area contributed by atoms with Gasteiger partial charge in [0.25, 0.3) is 5.91 Å². The van der Waals surface area contributed by atoms with Crippen LogP contribution in [0.5, 0.6) is 0 Å². The third-order valence-electron chi connectivity index (χ3n) is 3.68. The van der Waals surface area contributed by atoms with Crippen molar-refractivity contribution in [2.75, 3.05) is 4.90 Å². The number of hydrogen-bond acceptors (Lipinski definition) is 3. The molecule has 0 spiro atoms. The summed E-state index contributed by atoms with van der Waals surface area (Å²) >= 11 is 0. The minimum Gasteiger partial charge on any atom is -0.478 e. The molecule has 0 fully saturated rings. The van der Waals surface area contributed by atoms with Gasteiger partial charge in [-0.25, -0.2) is 4.79 Å². The van der Waals surface area contributed by atoms with Crippen molar-refractivity contribution in [3.63, 3.8) is 0 Å². The predicted octanol–water partition coefficient (Wildman–Crippen LogP) is 3.76. The Morgan fingerprint density at radius 1 is 0.917 bits per heavy atom. The molecule has 2 aromatic rings. The lowest BCUT2D eigenvalue weighted by Gasteiger charge is -2.26. The summed E-state index contributed by atoms with van der Waals surface area (Å²) in [5.41, 5.74) is 1.51. The monoisotopic (exact) mass is 325 g/mol. The predicted molar refractivity (Wildman–Crippen MR) is 91.8 cm³/mol. The average molecular weight is 325 g/mol. The topological polar surface area (TPSA) is 74.7 Å². The highest BCUT2D eigenvalue weighted by Crippen LogP contribution is 2.34. The molecule has 0 unspecified atom stereocenters. The van der Waals surface area contributed by atoms with Crippen molar-refractivity contribution in [3.05, 3.63) is 59.7 Å². The van der Waals surface area contributed by atoms with Crippen LogP contribution in [-0.2, 0) is 9.59 Å². The van der Waals surface area contributed by atoms with Gasteiger partial charge in [0.15, 0.2) is 0 Å². The number of nitrogens with zero attached hydrogens (tertiary/aromatic N) is 1. The smallest absolute Gasteiger partial charge is 0.337 e. The Bertz CT molecular complexity index is 795. The van der Waals surface area contributed by atoms with Crippen LogP contribution >= 0.6 is 0 Å². The standard InChI is InChI=1S/C19H19NO4/c1-12(2)14-8-4-6-10-16(14)20(18(22)13(3)21)17-11-7-5-9-15(17)19(23)24/h4-12H,1-3H3,(H,23,24). The highest BCUT2D eigenvalue weighted by atomic mass is 16.4. The molecule has 1 amide bonds. The number of aromatic carboxylic acids is 1. The first-order chi connectivity index (χ1) is 11.3. The number of rotatable bonds is 5. The van der Waals surface area contributed by atoms with Crippen molar-refractivity contribution < 1.29 is 19.5 Å². The molecule has 0 aromatic heterocycles. The zero-order valence-corrected chi connectivity index (χ0v) is 13.8. The SMILES string of the molecule is CC(=O)C(=O)N(c1ccccc1C(=O)O)c1ccccc1C(C)C. The summed E-state index contributed by atoms with van der Waals surface area (Å²) in [5.74, 6) is -2.49. The Morgan fingerprint density at radius 3 is 2.00 bits per heavy atom. The Morgan fingerprint density at radius 2 is 1.46 bits per heavy atom. The highest BCUT2D eigenvalue weighted by Gasteiger charge is 2.27. The number of benzene rings is 2. The maximum absolute atomic E-state index is 12.6. The molecule has 0 heterocycles. The molecule has 0 radical (unpaired) electrons. The molecule has 5 nitrogen and oxygen atoms in total. The van der Waals surface area contributed by atoms with Crippen LogP contribution in [0.1, 0.15) is 42.6 Å². The molecule has 1 N–H and O–H groups in total. The normalized spacial score (nSPS) is 10.5. The number of para-hydroxylation sites is 2. The number of ketones is 1. The molecular formula is C19H19NO4. The molecular weight excluding hydrogens is 306 g/mol. The van der Waals surface area contributed by atoms with Crippen LogP contribution in [0.3, 0.4) is 0 Å². The Hall–Kier alpha value is -2.95. The quantitative estimate of drug-likeness (QED) is 0.849. The van der Waals surface area contributed by atoms with Gasteiger partial charge in [0.1, 0.15) is 0 Å². The average Bonchev–Trinajstić information content (AvgIpc) is 2.55. The van der Waals surface area contributed by atoms with E-state index in [-0.39, 0.29) is 17.2 Å². The Kier molecular flexibility index (Phi) is 5.14. The number of carbonyl (C=O) groups excluding carboxylic acids is 2. The fraction of sp³-hybridized carbons (Fsp3) is 0.211. The summed E-state index contributed by atoms with van der Waals surface area (Å²) in [7, 11) is 0. The molecule has 2 rings (SSSR count). The van der Waals surface area contributed by atoms with Crippen LogP contribution in [0, 0.1) is 0 Å². The first-order valence-corrected chi connectivity index (χ1v) is 7.60. The number of hydrogen-bond donors (Lipinski definition) is 1. The highest BCUT2D eigenvalue weighted by molar-refractivity contribution is 6.42. The fourth-order valence-electron chi connectivity index (χ4n) is 2.53. The van der Waals surface area contributed by atoms with E-state index in [0.29, 0.717) is 5.69 Å². The molecule has 124 valence electrons. The lowest BCUT2D eigenvalue weighted by molar-refractivity contribution is -0.134. The van der Waals surface area contributed by atoms with Crippen molar-refractivity contribution >= 4 is 29.0 Å². The van der Waals surface area contributed by atoms with Crippen LogP contribution in [-0.4, -0.2) is 22.8 Å². The van der Waals surface area contributed by atoms with Gasteiger partial charge in [-0.2, -0.15) is 0 Å². The van der Waals surface area contributed by atoms with Gasteiger partial charge in [0.05, 0.1) is 16.9 Å². The number of carbonyl (C=O) groups is 3. The van der Waals surface area contributed by atoms with Crippen LogP contribution in [0.4, 0.5) is 11.4 Å². The summed E-state index contributed by atoms with van der Waals surface area (Å²) in [4.78, 5) is 37.1. The maximum Gasteiger partial charge on any atom is 0.337 e. The van der Waals surface area contributed by atoms with E-state index in [2.05, 4.69) is 0 Å². The van der Waals surface area contributed by atoms with Crippen molar-refractivity contribution in [2.45, 2.75) is 26.7 Å². The molecule has 0 aliphatic rings. The number of amides is 1. The molecule has 0 atom stereocenters. The van der Waals surface area contributed by atoms with Gasteiger partial charge in [0, 0.05) is 6.92 Å². The molecule has 0 aliphatic carbocycles. The third kappa shape index (κ3) is 3.35. The van der Waals surface area contributed by atoms with Gasteiger partial charge < -0.3 is 5.11 Å². The van der Waals surface area contributed by atoms with Crippen molar-refractivity contribution in [2.24, 2.45) is 0 Å². The van der Waals surface area contributed by atoms with Crippen molar-refractivity contribution in [3.8, 4) is 0 Å². The summed E-state index contributed by atoms with van der Waals surface area (Å²) in [5, 5.41) is 9.44. The maximum atomic E-state index is 12.6. The van der Waals surface area contributed by atoms with E-state index in [4.69, 9.17) is 0 Å². The lowest BCUT2D eigenvalue weighted by atomic mass is 9.99. The second-order valence-electron chi connectivity index (χ2n) is 5.73. The second-order valence-corrected chi connectivity index (χ2v) is 5.73. The van der Waals surface area contributed by atoms with Gasteiger partial charge in [-0.1, -0.05) is 44.2 Å². The van der Waals surface area contributed by atoms with Crippen LogP contribution < -0.4 is 4.90 Å². The number of carboxylic acids is 1. The van der Waals surface area contributed by atoms with E-state index >= 15 is 0 Å². The van der Waals surface area contributed by atoms with Crippen molar-refractivity contribution in [1.29, 1.82) is 0 Å². The molecule has 0 saturated carbocycles. The molecule has 5 heteroatoms. The molecule has 2 aromatic carbocycles. The Balaban J connectivity index is 2.76. The molecule has 0 bridgehead atoms. The first-order valence-electron chi connectivity index (χ1n) is 7.60. The fourth-order valence-corrected chi connectivity index (χ4v) is 2.53. The van der Waals surface area contributed by atoms with Crippen LogP contribution in [0.2, 0.25) is 0 Å². The summed E-state index contributed by atoms with van der Waals surface area (Å²) in [6.45, 7) is 5.12. The zero-order valence-electron chi connectivity index (χ0n) is 13.8. The van der Waals surface area contributed by atoms with Gasteiger partial charge >= 0.3 is 5.97 Å². The van der Waals surface area contributed by atoms with E-state index in [1.54, 1.807) is 24.3 Å². The van der Waals surface area contributed by atoms with Gasteiger partial charge in [-0.05, 0) is 29.7 Å². The first kappa shape index (κ1) is 17.4. The number of carboxylic acid groups (broad SMARTS) is 1. The van der Waals surface area contributed by atoms with E-state index in [1.165, 1.54) is 24.0 Å². The number of anilines is 2. The molecule has 0 aliphatic heterocycles. The third-order valence-corrected chi connectivity index (χ3v) is 3.68. The zero-order chi connectivity index (χ0) is 17.9. The molecule has 0 saturated heterocycles. The van der Waals surface area contributed by atoms with E-state index < -0.39 is 17.7 Å². The second kappa shape index (κ2) is 7.08. The van der Waals surface area contributed by atoms with E-state index in [9.17, 15) is 19.5 Å². The van der Waals surface area contributed by atoms with E-state index in [1.807, 2.05) is 26.0 Å². The summed E-state index contributed by atoms with van der Waals surface area (Å²) in [6.07, 6.45) is 0. The summed E-state index contributed by atoms with van der Waals surface area (Å²) in [6, 6.07) is 13.3. The van der Waals surface area contributed by atoms with Crippen LogP contribution in [0.25, 0.3) is 0 Å². The minimum atomic E-state index is -1.16. The number of Topliss-reactive ketones (excluding diaryl/α,β-unsaturated/α-hetero) is 1. The van der Waals surface area contributed by atoms with Crippen molar-refractivity contribution in [1.82, 2.24) is 0 Å². The minimum absolute atomic E-state index is 0.0364. The van der Waals surface area contributed by atoms with Gasteiger partial charge in [-0.15, -0.1) is 0 Å². The lowest BCUT2D eigenvalue weighted by Crippen LogP contribution is -2.33. The van der Waals surface area contributed by atoms with Gasteiger partial charge in [-0.3, -0.25) is 14.5 Å². The Labute approximate surface area is 140 Å². The van der Waals surface area contributed by atoms with Gasteiger partial charge in [0.2, 0.25) is 5.78 Å². The van der Waals surface area contributed by atoms with Crippen LogP contribution in [0.15, 0.2) is 48.5 Å².